The van der Waals surface area contributed by atoms with Gasteiger partial charge in [0.2, 0.25) is 0 Å². The van der Waals surface area contributed by atoms with Crippen LogP contribution in [0, 0.1) is 28.8 Å². The quantitative estimate of drug-likeness (QED) is 0.0770. The molecule has 342 valence electrons. The summed E-state index contributed by atoms with van der Waals surface area (Å²) in [5.41, 5.74) is 13.9. The largest absolute Gasteiger partial charge is 0.299 e. The predicted molar refractivity (Wildman–Crippen MR) is 272 cm³/mol. The lowest BCUT2D eigenvalue weighted by atomic mass is 9.92. The summed E-state index contributed by atoms with van der Waals surface area (Å²) in [5, 5.41) is 11.9. The summed E-state index contributed by atoms with van der Waals surface area (Å²) >= 11 is 0. The molecule has 0 radical (unpaired) electrons. The molecule has 0 saturated heterocycles. The Labute approximate surface area is 403 Å². The highest BCUT2D eigenvalue weighted by molar-refractivity contribution is 6.04. The molecule has 0 spiro atoms. The van der Waals surface area contributed by atoms with Crippen LogP contribution in [0.1, 0.15) is 94.8 Å². The molecule has 70 heavy (non-hydrogen) atoms. The van der Waals surface area contributed by atoms with Gasteiger partial charge in [0.25, 0.3) is 0 Å². The summed E-state index contributed by atoms with van der Waals surface area (Å²) in [7, 11) is 0. The normalized spacial score (nSPS) is 14.3. The molecule has 3 fully saturated rings. The van der Waals surface area contributed by atoms with Crippen LogP contribution < -0.4 is 0 Å². The summed E-state index contributed by atoms with van der Waals surface area (Å²) in [5.74, 6) is 0.478. The Morgan fingerprint density at radius 1 is 0.443 bits per heavy atom. The van der Waals surface area contributed by atoms with Crippen molar-refractivity contribution in [3.63, 3.8) is 0 Å². The van der Waals surface area contributed by atoms with Crippen molar-refractivity contribution in [3.8, 4) is 39.4 Å². The van der Waals surface area contributed by atoms with Gasteiger partial charge in [0.15, 0.2) is 6.29 Å². The van der Waals surface area contributed by atoms with Crippen molar-refractivity contribution in [2.45, 2.75) is 56.3 Å². The minimum atomic E-state index is -0.280. The molecule has 3 heterocycles. The highest BCUT2D eigenvalue weighted by atomic mass is 19.1. The summed E-state index contributed by atoms with van der Waals surface area (Å²) in [6.07, 6.45) is 15.0. The summed E-state index contributed by atoms with van der Waals surface area (Å²) in [6.45, 7) is 0. The molecule has 3 aromatic heterocycles. The van der Waals surface area contributed by atoms with Crippen LogP contribution in [0.4, 0.5) is 13.2 Å². The second kappa shape index (κ2) is 20.1. The van der Waals surface area contributed by atoms with E-state index in [2.05, 4.69) is 6.07 Å². The zero-order valence-electron chi connectivity index (χ0n) is 38.0. The predicted octanol–water partition coefficient (Wildman–Crippen LogP) is 15.3. The fraction of sp³-hybridized carbons (Fsp3) is 0.148. The van der Waals surface area contributed by atoms with Crippen LogP contribution in [-0.2, 0) is 4.79 Å². The van der Waals surface area contributed by atoms with Crippen LogP contribution in [-0.4, -0.2) is 27.5 Å². The van der Waals surface area contributed by atoms with E-state index >= 15 is 0 Å². The van der Waals surface area contributed by atoms with E-state index in [1.54, 1.807) is 36.4 Å². The van der Waals surface area contributed by atoms with Crippen molar-refractivity contribution in [2.24, 2.45) is 0 Å². The van der Waals surface area contributed by atoms with E-state index in [0.717, 1.165) is 145 Å². The molecule has 9 heteroatoms. The maximum Gasteiger partial charge on any atom is 0.152 e. The van der Waals surface area contributed by atoms with Gasteiger partial charge in [-0.15, -0.1) is 0 Å². The molecule has 6 aromatic carbocycles. The number of hydrogen-bond donors (Lipinski definition) is 0. The van der Waals surface area contributed by atoms with E-state index in [1.165, 1.54) is 48.6 Å². The number of nitriles is 1. The first kappa shape index (κ1) is 45.4. The summed E-state index contributed by atoms with van der Waals surface area (Å²) in [6, 6.07) is 45.2. The minimum absolute atomic E-state index is 0.256. The fourth-order valence-corrected chi connectivity index (χ4v) is 9.24. The Morgan fingerprint density at radius 2 is 0.771 bits per heavy atom. The first-order valence-corrected chi connectivity index (χ1v) is 23.5. The number of para-hydroxylation sites is 3. The minimum Gasteiger partial charge on any atom is -0.299 e. The Balaban J connectivity index is 0.000000122. The molecule has 3 saturated carbocycles. The third-order valence-corrected chi connectivity index (χ3v) is 13.0. The van der Waals surface area contributed by atoms with Gasteiger partial charge in [-0.05, 0) is 128 Å². The van der Waals surface area contributed by atoms with Gasteiger partial charge in [0.1, 0.15) is 23.7 Å². The number of nitrogens with zero attached hydrogens (tertiary/aromatic N) is 4. The molecular weight excluding hydrogens is 878 g/mol. The lowest BCUT2D eigenvalue weighted by Gasteiger charge is -2.15. The molecule has 0 bridgehead atoms. The van der Waals surface area contributed by atoms with Crippen LogP contribution >= 0.6 is 0 Å². The third kappa shape index (κ3) is 9.67. The topological polar surface area (TPSA) is 96.6 Å². The summed E-state index contributed by atoms with van der Waals surface area (Å²) < 4.78 is 40.0. The standard InChI is InChI=1S/C21H15FN2.C21H16FNO.C19H14FNO/c22-16-11-9-14(10-12-16)20-17-4-1-2-6-19(17)24-21(15-7-8-15)18(20)5-3-13-23;22-16-11-9-14(10-12-16)20-17-4-1-2-6-19(17)23-21(15-7-8-15)18(20)5-3-13-24;20-14-9-7-12(8-10-14)18-15-3-1-2-4-17(15)21-19(13-5-6-13)16(18)11-22/h1-6,9-12,15H,7-8H2;1-6,9-13,15H,7-8H2;1-4,7-11,13H,5-6H2/b2*5-3+;. The van der Waals surface area contributed by atoms with Crippen molar-refractivity contribution < 1.29 is 22.8 Å². The van der Waals surface area contributed by atoms with Gasteiger partial charge in [-0.1, -0.05) is 91.0 Å². The number of pyridine rings is 3. The monoisotopic (exact) mass is 922 g/mol. The van der Waals surface area contributed by atoms with Gasteiger partial charge in [-0.25, -0.2) is 13.2 Å². The Bertz CT molecular complexity index is 3530. The lowest BCUT2D eigenvalue weighted by Crippen LogP contribution is -2.00. The Morgan fingerprint density at radius 3 is 1.10 bits per heavy atom. The van der Waals surface area contributed by atoms with Crippen molar-refractivity contribution in [1.29, 1.82) is 5.26 Å². The van der Waals surface area contributed by atoms with E-state index < -0.39 is 0 Å². The second-order valence-electron chi connectivity index (χ2n) is 17.8. The molecule has 9 aromatic rings. The van der Waals surface area contributed by atoms with Gasteiger partial charge >= 0.3 is 0 Å². The van der Waals surface area contributed by atoms with Gasteiger partial charge < -0.3 is 0 Å². The molecule has 3 aliphatic rings. The number of halogens is 3. The number of carbonyl (C=O) groups is 2. The van der Waals surface area contributed by atoms with Crippen LogP contribution in [0.15, 0.2) is 158 Å². The van der Waals surface area contributed by atoms with Crippen LogP contribution in [0.25, 0.3) is 78.2 Å². The number of carbonyl (C=O) groups excluding carboxylic acids is 2. The lowest BCUT2D eigenvalue weighted by molar-refractivity contribution is -0.104. The number of benzene rings is 6. The number of allylic oxidation sites excluding steroid dienone is 2. The summed E-state index contributed by atoms with van der Waals surface area (Å²) in [4.78, 5) is 37.0. The van der Waals surface area contributed by atoms with Crippen molar-refractivity contribution >= 4 is 57.4 Å². The van der Waals surface area contributed by atoms with E-state index in [0.29, 0.717) is 23.3 Å². The number of fused-ring (bicyclic) bond motifs is 3. The zero-order valence-corrected chi connectivity index (χ0v) is 38.0. The fourth-order valence-electron chi connectivity index (χ4n) is 9.24. The molecule has 0 N–H and O–H groups in total. The SMILES string of the molecule is N#C/C=C/c1c(C2CC2)nc2ccccc2c1-c1ccc(F)cc1.O=C/C=C/c1c(C2CC2)nc2ccccc2c1-c1ccc(F)cc1.O=Cc1c(C2CC2)nc2ccccc2c1-c1ccc(F)cc1. The van der Waals surface area contributed by atoms with Gasteiger partial charge in [-0.2, -0.15) is 5.26 Å². The second-order valence-corrected chi connectivity index (χ2v) is 17.8. The highest BCUT2D eigenvalue weighted by Crippen LogP contribution is 2.47. The highest BCUT2D eigenvalue weighted by Gasteiger charge is 2.32. The van der Waals surface area contributed by atoms with Crippen molar-refractivity contribution in [1.82, 2.24) is 15.0 Å². The van der Waals surface area contributed by atoms with Crippen LogP contribution in [0.3, 0.4) is 0 Å². The van der Waals surface area contributed by atoms with Gasteiger partial charge in [0, 0.05) is 73.4 Å². The molecule has 0 amide bonds. The molecule has 0 aliphatic heterocycles. The Hall–Kier alpha value is -8.35. The molecular formula is C61H45F3N4O2. The van der Waals surface area contributed by atoms with E-state index in [1.807, 2.05) is 84.9 Å². The van der Waals surface area contributed by atoms with Crippen molar-refractivity contribution in [3.05, 3.63) is 209 Å². The average molecular weight is 923 g/mol. The molecule has 0 atom stereocenters. The third-order valence-electron chi connectivity index (χ3n) is 13.0. The van der Waals surface area contributed by atoms with Crippen molar-refractivity contribution in [2.75, 3.05) is 0 Å². The number of aldehydes is 2. The van der Waals surface area contributed by atoms with Gasteiger partial charge in [0.05, 0.1) is 39.7 Å². The maximum atomic E-state index is 13.4. The molecule has 0 unspecified atom stereocenters. The average Bonchev–Trinajstić information content (AvgIpc) is 4.22. The van der Waals surface area contributed by atoms with E-state index in [4.69, 9.17) is 20.2 Å². The zero-order chi connectivity index (χ0) is 48.1. The number of hydrogen-bond acceptors (Lipinski definition) is 6. The first-order chi connectivity index (χ1) is 34.3. The smallest absolute Gasteiger partial charge is 0.152 e. The molecule has 12 rings (SSSR count). The maximum absolute atomic E-state index is 13.4. The number of aromatic nitrogens is 3. The number of rotatable bonds is 10. The first-order valence-electron chi connectivity index (χ1n) is 23.5. The molecule has 3 aliphatic carbocycles. The van der Waals surface area contributed by atoms with E-state index in [9.17, 15) is 22.8 Å². The van der Waals surface area contributed by atoms with Crippen LogP contribution in [0.2, 0.25) is 0 Å². The molecule has 6 nitrogen and oxygen atoms in total. The van der Waals surface area contributed by atoms with E-state index in [-0.39, 0.29) is 17.5 Å². The van der Waals surface area contributed by atoms with Gasteiger partial charge in [-0.3, -0.25) is 24.5 Å². The Kier molecular flexibility index (Phi) is 13.0. The van der Waals surface area contributed by atoms with Crippen LogP contribution in [0.5, 0.6) is 0 Å².